The number of pyridine rings is 1. The van der Waals surface area contributed by atoms with E-state index in [0.29, 0.717) is 16.3 Å². The quantitative estimate of drug-likeness (QED) is 0.662. The first-order chi connectivity index (χ1) is 9.90. The van der Waals surface area contributed by atoms with Gasteiger partial charge in [-0.1, -0.05) is 17.7 Å². The Kier molecular flexibility index (Phi) is 4.04. The molecular weight excluding hydrogens is 298 g/mol. The molecule has 0 saturated carbocycles. The number of anilines is 2. The van der Waals surface area contributed by atoms with Gasteiger partial charge in [-0.3, -0.25) is 10.1 Å². The lowest BCUT2D eigenvalue weighted by atomic mass is 10.2. The van der Waals surface area contributed by atoms with Gasteiger partial charge in [-0.05, 0) is 24.6 Å². The number of rotatable bonds is 4. The molecule has 21 heavy (non-hydrogen) atoms. The largest absolute Gasteiger partial charge is 0.478 e. The minimum Gasteiger partial charge on any atom is -0.478 e. The van der Waals surface area contributed by atoms with Gasteiger partial charge in [0.15, 0.2) is 0 Å². The smallest absolute Gasteiger partial charge is 0.337 e. The number of nitrogens with zero attached hydrogens (tertiary/aromatic N) is 2. The van der Waals surface area contributed by atoms with Crippen LogP contribution in [0.1, 0.15) is 15.9 Å². The van der Waals surface area contributed by atoms with Crippen molar-refractivity contribution in [2.75, 3.05) is 5.32 Å². The van der Waals surface area contributed by atoms with Crippen LogP contribution in [0, 0.1) is 17.0 Å². The van der Waals surface area contributed by atoms with Crippen molar-refractivity contribution in [2.45, 2.75) is 6.92 Å². The van der Waals surface area contributed by atoms with Gasteiger partial charge in [-0.15, -0.1) is 0 Å². The van der Waals surface area contributed by atoms with E-state index in [9.17, 15) is 14.9 Å². The number of carbonyl (C=O) groups is 1. The summed E-state index contributed by atoms with van der Waals surface area (Å²) in [6.07, 6.45) is 1.05. The fraction of sp³-hybridized carbons (Fsp3) is 0.0769. The van der Waals surface area contributed by atoms with Crippen molar-refractivity contribution in [3.05, 3.63) is 56.7 Å². The molecule has 0 aliphatic rings. The van der Waals surface area contributed by atoms with Crippen molar-refractivity contribution in [1.82, 2.24) is 4.98 Å². The summed E-state index contributed by atoms with van der Waals surface area (Å²) < 4.78 is 0. The predicted octanol–water partition coefficient (Wildman–Crippen LogP) is 3.39. The Bertz CT molecular complexity index is 733. The number of benzene rings is 1. The minimum absolute atomic E-state index is 0.0460. The molecule has 108 valence electrons. The average molecular weight is 308 g/mol. The third-order valence-corrected chi connectivity index (χ3v) is 3.24. The zero-order valence-corrected chi connectivity index (χ0v) is 11.6. The second-order valence-corrected chi connectivity index (χ2v) is 4.60. The van der Waals surface area contributed by atoms with Crippen LogP contribution in [0.2, 0.25) is 5.02 Å². The van der Waals surface area contributed by atoms with Crippen LogP contribution in [-0.4, -0.2) is 21.0 Å². The summed E-state index contributed by atoms with van der Waals surface area (Å²) >= 11 is 5.98. The zero-order chi connectivity index (χ0) is 15.6. The van der Waals surface area contributed by atoms with Crippen LogP contribution in [0.25, 0.3) is 0 Å². The number of aromatic carboxylic acids is 1. The van der Waals surface area contributed by atoms with E-state index in [1.807, 2.05) is 0 Å². The van der Waals surface area contributed by atoms with Crippen LogP contribution >= 0.6 is 11.6 Å². The highest BCUT2D eigenvalue weighted by molar-refractivity contribution is 6.31. The molecule has 1 aromatic heterocycles. The van der Waals surface area contributed by atoms with Crippen LogP contribution in [0.3, 0.4) is 0 Å². The molecule has 1 aromatic carbocycles. The van der Waals surface area contributed by atoms with Crippen molar-refractivity contribution in [1.29, 1.82) is 0 Å². The van der Waals surface area contributed by atoms with Crippen molar-refractivity contribution < 1.29 is 14.8 Å². The first-order valence-electron chi connectivity index (χ1n) is 5.80. The van der Waals surface area contributed by atoms with E-state index in [2.05, 4.69) is 10.3 Å². The summed E-state index contributed by atoms with van der Waals surface area (Å²) in [6.45, 7) is 1.75. The van der Waals surface area contributed by atoms with Gasteiger partial charge in [0, 0.05) is 23.0 Å². The van der Waals surface area contributed by atoms with E-state index in [-0.39, 0.29) is 11.4 Å². The standard InChI is InChI=1S/C13H10ClN3O4/c1-7-9(14)3-2-4-10(7)16-12-11(17(20)21)5-8(6-15-12)13(18)19/h2-6H,1H3,(H,15,16)(H,18,19). The fourth-order valence-corrected chi connectivity index (χ4v) is 1.85. The summed E-state index contributed by atoms with van der Waals surface area (Å²) in [4.78, 5) is 25.0. The Morgan fingerprint density at radius 1 is 1.48 bits per heavy atom. The van der Waals surface area contributed by atoms with Crippen molar-refractivity contribution in [3.63, 3.8) is 0 Å². The predicted molar refractivity (Wildman–Crippen MR) is 77.3 cm³/mol. The molecule has 7 nitrogen and oxygen atoms in total. The molecule has 0 bridgehead atoms. The maximum Gasteiger partial charge on any atom is 0.337 e. The van der Waals surface area contributed by atoms with Gasteiger partial charge < -0.3 is 10.4 Å². The monoisotopic (exact) mass is 307 g/mol. The Morgan fingerprint density at radius 3 is 2.81 bits per heavy atom. The lowest BCUT2D eigenvalue weighted by Gasteiger charge is -2.10. The number of hydrogen-bond donors (Lipinski definition) is 2. The number of nitro groups is 1. The summed E-state index contributed by atoms with van der Waals surface area (Å²) in [6, 6.07) is 6.03. The van der Waals surface area contributed by atoms with Crippen molar-refractivity contribution in [3.8, 4) is 0 Å². The third-order valence-electron chi connectivity index (χ3n) is 2.83. The molecule has 0 unspecified atom stereocenters. The topological polar surface area (TPSA) is 105 Å². The molecule has 0 spiro atoms. The zero-order valence-electron chi connectivity index (χ0n) is 10.8. The molecule has 2 rings (SSSR count). The molecule has 1 heterocycles. The second-order valence-electron chi connectivity index (χ2n) is 4.19. The molecular formula is C13H10ClN3O4. The number of aromatic nitrogens is 1. The van der Waals surface area contributed by atoms with Crippen LogP contribution < -0.4 is 5.32 Å². The Labute approximate surface area is 124 Å². The van der Waals surface area contributed by atoms with E-state index in [1.165, 1.54) is 0 Å². The van der Waals surface area contributed by atoms with E-state index in [1.54, 1.807) is 25.1 Å². The van der Waals surface area contributed by atoms with Crippen molar-refractivity contribution >= 4 is 34.8 Å². The molecule has 0 atom stereocenters. The van der Waals surface area contributed by atoms with Gasteiger partial charge in [0.2, 0.25) is 5.82 Å². The summed E-state index contributed by atoms with van der Waals surface area (Å²) in [5, 5.41) is 23.2. The van der Waals surface area contributed by atoms with E-state index in [4.69, 9.17) is 16.7 Å². The molecule has 0 radical (unpaired) electrons. The normalized spacial score (nSPS) is 10.2. The summed E-state index contributed by atoms with van der Waals surface area (Å²) in [5.74, 6) is -1.33. The maximum absolute atomic E-state index is 11.0. The highest BCUT2D eigenvalue weighted by Crippen LogP contribution is 2.30. The lowest BCUT2D eigenvalue weighted by Crippen LogP contribution is -2.04. The molecule has 0 amide bonds. The van der Waals surface area contributed by atoms with Gasteiger partial charge in [0.1, 0.15) is 0 Å². The molecule has 8 heteroatoms. The number of carboxylic acids is 1. The van der Waals surface area contributed by atoms with Gasteiger partial charge in [0.25, 0.3) is 0 Å². The number of halogens is 1. The highest BCUT2D eigenvalue weighted by Gasteiger charge is 2.19. The highest BCUT2D eigenvalue weighted by atomic mass is 35.5. The second kappa shape index (κ2) is 5.76. The van der Waals surface area contributed by atoms with Gasteiger partial charge in [0.05, 0.1) is 10.5 Å². The first-order valence-corrected chi connectivity index (χ1v) is 6.18. The Morgan fingerprint density at radius 2 is 2.19 bits per heavy atom. The Balaban J connectivity index is 2.46. The van der Waals surface area contributed by atoms with Gasteiger partial charge in [-0.2, -0.15) is 0 Å². The lowest BCUT2D eigenvalue weighted by molar-refractivity contribution is -0.384. The summed E-state index contributed by atoms with van der Waals surface area (Å²) in [5.41, 5.74) is 0.586. The van der Waals surface area contributed by atoms with Crippen LogP contribution in [-0.2, 0) is 0 Å². The van der Waals surface area contributed by atoms with E-state index >= 15 is 0 Å². The number of hydrogen-bond acceptors (Lipinski definition) is 5. The molecule has 0 aliphatic carbocycles. The van der Waals surface area contributed by atoms with E-state index in [0.717, 1.165) is 12.3 Å². The van der Waals surface area contributed by atoms with Gasteiger partial charge >= 0.3 is 11.7 Å². The fourth-order valence-electron chi connectivity index (χ4n) is 1.68. The maximum atomic E-state index is 11.0. The van der Waals surface area contributed by atoms with Crippen LogP contribution in [0.5, 0.6) is 0 Å². The minimum atomic E-state index is -1.28. The molecule has 0 aliphatic heterocycles. The van der Waals surface area contributed by atoms with Gasteiger partial charge in [-0.25, -0.2) is 9.78 Å². The van der Waals surface area contributed by atoms with Crippen molar-refractivity contribution in [2.24, 2.45) is 0 Å². The molecule has 0 saturated heterocycles. The Hall–Kier alpha value is -2.67. The van der Waals surface area contributed by atoms with Crippen LogP contribution in [0.15, 0.2) is 30.5 Å². The molecule has 2 N–H and O–H groups in total. The number of carboxylic acid groups (broad SMARTS) is 1. The SMILES string of the molecule is Cc1c(Cl)cccc1Nc1ncc(C(=O)O)cc1[N+](=O)[O-]. The summed E-state index contributed by atoms with van der Waals surface area (Å²) in [7, 11) is 0. The number of nitrogens with one attached hydrogen (secondary N) is 1. The first kappa shape index (κ1) is 14.7. The molecule has 0 fully saturated rings. The van der Waals surface area contributed by atoms with E-state index < -0.39 is 16.6 Å². The molecule has 2 aromatic rings. The third kappa shape index (κ3) is 3.09. The average Bonchev–Trinajstić information content (AvgIpc) is 2.43. The van der Waals surface area contributed by atoms with Crippen LogP contribution in [0.4, 0.5) is 17.2 Å².